The van der Waals surface area contributed by atoms with Crippen molar-refractivity contribution in [1.29, 1.82) is 0 Å². The quantitative estimate of drug-likeness (QED) is 0.0610. The van der Waals surface area contributed by atoms with Gasteiger partial charge in [-0.2, -0.15) is 0 Å². The third-order valence-electron chi connectivity index (χ3n) is 8.68. The van der Waals surface area contributed by atoms with E-state index in [0.717, 1.165) is 22.3 Å². The molecule has 0 heterocycles. The van der Waals surface area contributed by atoms with Crippen LogP contribution in [-0.4, -0.2) is 47.7 Å². The molecule has 0 spiro atoms. The van der Waals surface area contributed by atoms with E-state index < -0.39 is 8.32 Å². The molecule has 0 unspecified atom stereocenters. The van der Waals surface area contributed by atoms with Gasteiger partial charge in [-0.05, 0) is 51.3 Å². The summed E-state index contributed by atoms with van der Waals surface area (Å²) in [5.41, 5.74) is 3.58. The highest BCUT2D eigenvalue weighted by Gasteiger charge is 2.50. The highest BCUT2D eigenvalue weighted by Crippen LogP contribution is 2.40. The van der Waals surface area contributed by atoms with Crippen molar-refractivity contribution in [2.75, 3.05) is 34.2 Å². The summed E-state index contributed by atoms with van der Waals surface area (Å²) in [4.78, 5) is 0. The summed E-state index contributed by atoms with van der Waals surface area (Å²) in [5.74, 6) is 2.12. The van der Waals surface area contributed by atoms with Crippen molar-refractivity contribution < 1.29 is 33.2 Å². The average Bonchev–Trinajstić information content (AvgIpc) is 3.12. The van der Waals surface area contributed by atoms with Crippen LogP contribution in [0.15, 0.2) is 121 Å². The van der Waals surface area contributed by atoms with E-state index in [1.54, 1.807) is 32.4 Å². The first-order valence-electron chi connectivity index (χ1n) is 16.9. The highest BCUT2D eigenvalue weighted by molar-refractivity contribution is 6.99. The summed E-state index contributed by atoms with van der Waals surface area (Å²) < 4.78 is 36.6. The fourth-order valence-electron chi connectivity index (χ4n) is 6.35. The molecule has 262 valence electrons. The van der Waals surface area contributed by atoms with E-state index >= 15 is 0 Å². The molecule has 1 N–H and O–H groups in total. The number of hydrogen-bond donors (Lipinski definition) is 1. The lowest BCUT2D eigenvalue weighted by Crippen LogP contribution is -2.66. The molecule has 7 nitrogen and oxygen atoms in total. The van der Waals surface area contributed by atoms with Gasteiger partial charge in [-0.15, -0.1) is 0 Å². The summed E-state index contributed by atoms with van der Waals surface area (Å²) in [5, 5.41) is 12.7. The molecule has 0 bridgehead atoms. The second kappa shape index (κ2) is 17.4. The molecule has 0 amide bonds. The maximum absolute atomic E-state index is 10.5. The molecule has 0 aliphatic carbocycles. The third-order valence-corrected chi connectivity index (χ3v) is 13.7. The predicted octanol–water partition coefficient (Wildman–Crippen LogP) is 7.65. The van der Waals surface area contributed by atoms with Crippen molar-refractivity contribution in [3.05, 3.63) is 144 Å². The second-order valence-corrected chi connectivity index (χ2v) is 17.4. The number of benzene rings is 5. The molecule has 5 aromatic rings. The fraction of sp³-hybridized carbons (Fsp3) is 0.286. The Kier molecular flexibility index (Phi) is 12.7. The van der Waals surface area contributed by atoms with Crippen LogP contribution in [0, 0.1) is 0 Å². The Balaban J connectivity index is 1.56. The van der Waals surface area contributed by atoms with Gasteiger partial charge < -0.3 is 33.2 Å². The van der Waals surface area contributed by atoms with E-state index in [4.69, 9.17) is 28.1 Å². The van der Waals surface area contributed by atoms with Crippen molar-refractivity contribution in [3.8, 4) is 23.0 Å². The normalized spacial score (nSPS) is 11.7. The van der Waals surface area contributed by atoms with E-state index in [9.17, 15) is 5.11 Å². The number of aromatic hydroxyl groups is 1. The van der Waals surface area contributed by atoms with Crippen LogP contribution >= 0.6 is 0 Å². The minimum Gasteiger partial charge on any atom is -0.508 e. The third kappa shape index (κ3) is 8.94. The van der Waals surface area contributed by atoms with Gasteiger partial charge in [0.2, 0.25) is 0 Å². The molecule has 0 aliphatic rings. The standard InChI is InChI=1S/C42H48O7Si/c1-42(2,3)50(38-17-11-7-12-18-38,39-19-13-8-14-20-39)49-30-35-28-37(47-29-32-15-9-6-10-16-32)27-34(41(35)45-5)25-33-26-36(43)21-22-40(33)48-31-46-24-23-44-4/h6-22,26-28,43H,23-25,29-31H2,1-5H3. The van der Waals surface area contributed by atoms with Gasteiger partial charge in [0.15, 0.2) is 6.79 Å². The van der Waals surface area contributed by atoms with E-state index in [1.165, 1.54) is 10.4 Å². The summed E-state index contributed by atoms with van der Waals surface area (Å²) >= 11 is 0. The monoisotopic (exact) mass is 692 g/mol. The lowest BCUT2D eigenvalue weighted by molar-refractivity contribution is -0.00885. The fourth-order valence-corrected chi connectivity index (χ4v) is 10.9. The Morgan fingerprint density at radius 1 is 0.640 bits per heavy atom. The molecule has 0 aromatic heterocycles. The molecule has 50 heavy (non-hydrogen) atoms. The van der Waals surface area contributed by atoms with E-state index in [1.807, 2.05) is 54.6 Å². The van der Waals surface area contributed by atoms with Gasteiger partial charge in [0.25, 0.3) is 8.32 Å². The Bertz CT molecular complexity index is 1730. The largest absolute Gasteiger partial charge is 0.508 e. The van der Waals surface area contributed by atoms with Crippen molar-refractivity contribution in [1.82, 2.24) is 0 Å². The number of hydrogen-bond acceptors (Lipinski definition) is 7. The smallest absolute Gasteiger partial charge is 0.261 e. The second-order valence-electron chi connectivity index (χ2n) is 13.1. The molecular formula is C42H48O7Si. The molecule has 0 saturated carbocycles. The number of phenolic OH excluding ortho intramolecular Hbond substituents is 1. The van der Waals surface area contributed by atoms with Gasteiger partial charge in [0.05, 0.1) is 26.9 Å². The van der Waals surface area contributed by atoms with Crippen molar-refractivity contribution in [2.45, 2.75) is 45.4 Å². The molecule has 0 fully saturated rings. The summed E-state index contributed by atoms with van der Waals surface area (Å²) in [6.07, 6.45) is 0.403. The SMILES string of the molecule is COCCOCOc1ccc(O)cc1Cc1cc(OCc2ccccc2)cc(CO[Si](c2ccccc2)(c2ccccc2)C(C)(C)C)c1OC. The zero-order valence-corrected chi connectivity index (χ0v) is 30.7. The van der Waals surface area contributed by atoms with Crippen molar-refractivity contribution in [2.24, 2.45) is 0 Å². The first kappa shape index (κ1) is 36.7. The van der Waals surface area contributed by atoms with Crippen LogP contribution in [0.4, 0.5) is 0 Å². The van der Waals surface area contributed by atoms with Crippen LogP contribution < -0.4 is 24.6 Å². The molecule has 0 saturated heterocycles. The van der Waals surface area contributed by atoms with Gasteiger partial charge in [0.1, 0.15) is 29.6 Å². The zero-order valence-electron chi connectivity index (χ0n) is 29.7. The van der Waals surface area contributed by atoms with Crippen molar-refractivity contribution >= 4 is 18.7 Å². The van der Waals surface area contributed by atoms with E-state index in [-0.39, 0.29) is 17.6 Å². The molecule has 8 heteroatoms. The van der Waals surface area contributed by atoms with Crippen LogP contribution in [0.1, 0.15) is 43.0 Å². The van der Waals surface area contributed by atoms with Crippen molar-refractivity contribution in [3.63, 3.8) is 0 Å². The number of ether oxygens (including phenoxy) is 5. The zero-order chi connectivity index (χ0) is 35.4. The minimum absolute atomic E-state index is 0.0517. The molecule has 0 atom stereocenters. The molecule has 0 radical (unpaired) electrons. The Morgan fingerprint density at radius 3 is 1.86 bits per heavy atom. The Hall–Kier alpha value is -4.60. The van der Waals surface area contributed by atoms with Gasteiger partial charge in [0, 0.05) is 30.2 Å². The van der Waals surface area contributed by atoms with Crippen LogP contribution in [0.5, 0.6) is 23.0 Å². The predicted molar refractivity (Wildman–Crippen MR) is 200 cm³/mol. The molecule has 5 rings (SSSR count). The number of methoxy groups -OCH3 is 2. The van der Waals surface area contributed by atoms with Crippen LogP contribution in [0.2, 0.25) is 5.04 Å². The van der Waals surface area contributed by atoms with Gasteiger partial charge >= 0.3 is 0 Å². The first-order chi connectivity index (χ1) is 24.2. The van der Waals surface area contributed by atoms with Crippen LogP contribution in [-0.2, 0) is 33.5 Å². The topological polar surface area (TPSA) is 75.6 Å². The lowest BCUT2D eigenvalue weighted by Gasteiger charge is -2.43. The summed E-state index contributed by atoms with van der Waals surface area (Å²) in [6.45, 7) is 8.43. The number of phenols is 1. The van der Waals surface area contributed by atoms with Crippen LogP contribution in [0.25, 0.3) is 0 Å². The molecular weight excluding hydrogens is 645 g/mol. The Labute approximate surface area is 297 Å². The lowest BCUT2D eigenvalue weighted by atomic mass is 9.99. The van der Waals surface area contributed by atoms with Gasteiger partial charge in [-0.3, -0.25) is 0 Å². The first-order valence-corrected chi connectivity index (χ1v) is 18.8. The summed E-state index contributed by atoms with van der Waals surface area (Å²) in [6, 6.07) is 40.4. The maximum atomic E-state index is 10.5. The Morgan fingerprint density at radius 2 is 1.26 bits per heavy atom. The van der Waals surface area contributed by atoms with E-state index in [2.05, 4.69) is 69.3 Å². The average molecular weight is 693 g/mol. The highest BCUT2D eigenvalue weighted by atomic mass is 28.4. The summed E-state index contributed by atoms with van der Waals surface area (Å²) in [7, 11) is 0.445. The number of rotatable bonds is 17. The van der Waals surface area contributed by atoms with E-state index in [0.29, 0.717) is 50.1 Å². The maximum Gasteiger partial charge on any atom is 0.261 e. The van der Waals surface area contributed by atoms with Crippen LogP contribution in [0.3, 0.4) is 0 Å². The van der Waals surface area contributed by atoms with Gasteiger partial charge in [-0.1, -0.05) is 112 Å². The minimum atomic E-state index is -2.86. The molecule has 5 aromatic carbocycles. The molecule has 0 aliphatic heterocycles. The van der Waals surface area contributed by atoms with Gasteiger partial charge in [-0.25, -0.2) is 0 Å².